The predicted molar refractivity (Wildman–Crippen MR) is 519 cm³/mol. The molecule has 0 aliphatic carbocycles. The van der Waals surface area contributed by atoms with Crippen LogP contribution >= 0.6 is 103 Å². The van der Waals surface area contributed by atoms with Crippen molar-refractivity contribution in [3.8, 4) is 0 Å². The minimum absolute atomic E-state index is 0. The first kappa shape index (κ1) is 139. The number of benzene rings is 5. The number of carbonyl (C=O) groups is 11. The number of ketones is 2. The molecule has 9 aromatic rings. The summed E-state index contributed by atoms with van der Waals surface area (Å²) >= 11 is 34.9. The smallest absolute Gasteiger partial charge is 0.550 e. The zero-order valence-electron chi connectivity index (χ0n) is 73.2. The Bertz CT molecular complexity index is 5270. The van der Waals surface area contributed by atoms with Crippen LogP contribution in [0, 0.1) is 39.9 Å². The third kappa shape index (κ3) is 55.5. The number of amidine groups is 4. The van der Waals surface area contributed by atoms with E-state index in [4.69, 9.17) is 120 Å². The number of hydrogen-bond acceptors (Lipinski definition) is 33. The molecule has 0 saturated carbocycles. The van der Waals surface area contributed by atoms with E-state index in [0.29, 0.717) is 116 Å². The summed E-state index contributed by atoms with van der Waals surface area (Å²) in [5, 5.41) is 45.7. The van der Waals surface area contributed by atoms with Gasteiger partial charge in [-0.1, -0.05) is 113 Å². The maximum atomic E-state index is 13.4. The summed E-state index contributed by atoms with van der Waals surface area (Å²) in [6.45, 7) is 19.6. The fourth-order valence-electron chi connectivity index (χ4n) is 9.07. The van der Waals surface area contributed by atoms with Gasteiger partial charge in [-0.15, -0.1) is 45.3 Å². The number of nitrogens with zero attached hydrogens (tertiary/aromatic N) is 6. The van der Waals surface area contributed by atoms with E-state index in [0.717, 1.165) is 32.0 Å². The number of carboxylic acid groups (broad SMARTS) is 2. The van der Waals surface area contributed by atoms with E-state index in [1.165, 1.54) is 144 Å². The molecule has 47 heteroatoms. The Kier molecular flexibility index (Phi) is 77.6. The zero-order chi connectivity index (χ0) is 98.4. The number of nitrogen functional groups attached to an aromatic ring is 2. The molecule has 0 fully saturated rings. The Balaban J connectivity index is -0.000000282. The van der Waals surface area contributed by atoms with Crippen molar-refractivity contribution in [3.63, 3.8) is 0 Å². The topological polar surface area (TPSA) is 506 Å². The number of aliphatic carboxylic acids is 2. The van der Waals surface area contributed by atoms with Gasteiger partial charge in [0.15, 0.2) is 30.0 Å². The van der Waals surface area contributed by atoms with Gasteiger partial charge in [0.05, 0.1) is 81.3 Å². The van der Waals surface area contributed by atoms with Gasteiger partial charge in [0, 0.05) is 88.9 Å². The molecule has 6 heterocycles. The summed E-state index contributed by atoms with van der Waals surface area (Å²) < 4.78 is 88.4. The second kappa shape index (κ2) is 76.3. The third-order valence-corrected chi connectivity index (χ3v) is 18.4. The molecule has 11 rings (SSSR count). The number of ether oxygens (including phenoxy) is 5. The molecule has 0 radical (unpaired) electrons. The van der Waals surface area contributed by atoms with Gasteiger partial charge in [-0.3, -0.25) is 44.8 Å². The number of allylic oxidation sites excluding steroid dienone is 3. The second-order valence-corrected chi connectivity index (χ2v) is 29.5. The molecule has 0 bridgehead atoms. The van der Waals surface area contributed by atoms with Gasteiger partial charge in [-0.2, -0.15) is 0 Å². The Hall–Kier alpha value is -10.7. The van der Waals surface area contributed by atoms with Crippen molar-refractivity contribution in [1.82, 2.24) is 30.6 Å². The number of rotatable bonds is 21. The molecule has 0 saturated heterocycles. The molecule has 2 atom stereocenters. The van der Waals surface area contributed by atoms with E-state index < -0.39 is 82.8 Å². The predicted octanol–water partition coefficient (Wildman–Crippen LogP) is 11.8. The molecule has 2 unspecified atom stereocenters. The van der Waals surface area contributed by atoms with E-state index in [1.54, 1.807) is 88.2 Å². The fraction of sp³-hybridized carbons (Fsp3) is 0.278. The van der Waals surface area contributed by atoms with Crippen LogP contribution in [0.15, 0.2) is 184 Å². The maximum absolute atomic E-state index is 13.4. The second-order valence-electron chi connectivity index (χ2n) is 24.6. The van der Waals surface area contributed by atoms with Crippen molar-refractivity contribution in [3.05, 3.63) is 279 Å². The zero-order valence-corrected chi connectivity index (χ0v) is 84.2. The fourth-order valence-corrected chi connectivity index (χ4v) is 12.4. The minimum Gasteiger partial charge on any atom is -0.550 e. The summed E-state index contributed by atoms with van der Waals surface area (Å²) in [4.78, 5) is 142. The van der Waals surface area contributed by atoms with E-state index in [-0.39, 0.29) is 177 Å². The molecule has 4 aromatic heterocycles. The maximum Gasteiger partial charge on any atom is 1.00 e. The van der Waals surface area contributed by atoms with E-state index in [1.807, 2.05) is 10.8 Å². The number of hydrogen-bond donors (Lipinski definition) is 7. The SMILES string of the molecule is C.C.C.C.C.CC(=O)[O-].CC(=O)[O-].CCOC(=O)/C=C(/C)N.CCOC(=O)C(=Cc1ccc(F)cc1Cl)C(C)=O.CCOC(=O)C1=C(C)NC(c2cscn2)=NC1c1ccc(F)cc1Cl.CCOC(=O)C1=C(C)NC(c2cscn2)=NC1c1ccc(F)cc1Cl.CCOC(=O)CC(C)=O.N=C(N)c1cscn1.N=C(N)c1cscn1.O=Cc1ccc(F)cc1Cl.O=Cc1ccc(F)cc1Cl.[Na+].[Na+]. The van der Waals surface area contributed by atoms with Gasteiger partial charge < -0.3 is 71.3 Å². The summed E-state index contributed by atoms with van der Waals surface area (Å²) in [6.07, 6.45) is 3.61. The molecule has 10 N–H and O–H groups in total. The first-order valence-corrected chi connectivity index (χ1v) is 42.8. The van der Waals surface area contributed by atoms with Crippen LogP contribution in [0.4, 0.5) is 22.0 Å². The van der Waals surface area contributed by atoms with Crippen molar-refractivity contribution >= 4 is 199 Å². The van der Waals surface area contributed by atoms with Gasteiger partial charge in [0.1, 0.15) is 93.4 Å². The number of aromatic nitrogens is 4. The summed E-state index contributed by atoms with van der Waals surface area (Å²) in [6, 6.07) is 17.6. The third-order valence-electron chi connectivity index (χ3n) is 14.4. The van der Waals surface area contributed by atoms with Gasteiger partial charge in [-0.05, 0) is 168 Å². The van der Waals surface area contributed by atoms with Crippen LogP contribution in [0.3, 0.4) is 0 Å². The quantitative estimate of drug-likeness (QED) is 0.00336. The number of nitrogens with two attached hydrogens (primary N) is 3. The molecule has 2 aliphatic heterocycles. The normalized spacial score (nSPS) is 11.8. The molecule has 5 aromatic carbocycles. The Labute approximate surface area is 878 Å². The molecule has 0 spiro atoms. The van der Waals surface area contributed by atoms with Crippen LogP contribution in [0.2, 0.25) is 25.1 Å². The van der Waals surface area contributed by atoms with Crippen LogP contribution in [0.1, 0.15) is 199 Å². The van der Waals surface area contributed by atoms with Crippen molar-refractivity contribution in [2.75, 3.05) is 33.0 Å². The molecule has 2 aliphatic rings. The number of nitrogens with one attached hydrogen (secondary N) is 4. The largest absolute Gasteiger partial charge is 1.00 e. The number of carboxylic acids is 2. The number of Topliss-reactive ketones (excluding diaryl/α,β-unsaturated/α-hetero) is 2. The van der Waals surface area contributed by atoms with Gasteiger partial charge >= 0.3 is 89.0 Å². The Morgan fingerprint density at radius 1 is 0.460 bits per heavy atom. The Morgan fingerprint density at radius 2 is 0.766 bits per heavy atom. The van der Waals surface area contributed by atoms with Crippen LogP contribution in [-0.2, 0) is 66.8 Å². The first-order chi connectivity index (χ1) is 61.3. The van der Waals surface area contributed by atoms with Crippen molar-refractivity contribution < 1.29 is 168 Å². The van der Waals surface area contributed by atoms with Crippen LogP contribution in [-0.4, -0.2) is 142 Å². The molecule has 137 heavy (non-hydrogen) atoms. The molecule has 0 amide bonds. The summed E-state index contributed by atoms with van der Waals surface area (Å²) in [7, 11) is 0. The summed E-state index contributed by atoms with van der Waals surface area (Å²) in [5.74, 6) is -6.42. The van der Waals surface area contributed by atoms with Crippen LogP contribution in [0.25, 0.3) is 6.08 Å². The molecular weight excluding hydrogens is 2000 g/mol. The number of halogens is 10. The van der Waals surface area contributed by atoms with Crippen molar-refractivity contribution in [2.45, 2.75) is 139 Å². The number of esters is 5. The number of carbonyl (C=O) groups excluding carboxylic acids is 11. The van der Waals surface area contributed by atoms with Gasteiger partial charge in [-0.25, -0.2) is 61.1 Å². The minimum atomic E-state index is -1.08. The van der Waals surface area contributed by atoms with Gasteiger partial charge in [0.25, 0.3) is 0 Å². The summed E-state index contributed by atoms with van der Waals surface area (Å²) in [5.41, 5.74) is 28.8. The number of thiazole rings is 4. The average Bonchev–Trinajstić information content (AvgIpc) is 1.77. The van der Waals surface area contributed by atoms with E-state index in [9.17, 15) is 65.1 Å². The average molecular weight is 2110 g/mol. The molecular formula is C90H107Cl5F5N13Na2O18S4. The number of aliphatic imine (C=N–C) groups is 2. The Morgan fingerprint density at radius 3 is 1.01 bits per heavy atom. The standard InChI is InChI=1S/2C17H15ClFN3O2S.C13H12ClFO3.2C7H4ClFO.C6H11NO2.C6H10O3.2C4H5N3S.2C2H4O2.5CH4.2Na/c2*1-3-24-17(23)14-9(2)21-16(13-7-25-8-20-13)22-15(14)11-5-4-10(19)6-12(11)18;1-3-18-13(17)11(8(2)16)6-9-4-5-10(15)7-12(9)14;2*8-7-3-6(9)2-1-5(7)4-10;2*1-3-9-6(8)4-5(2)7;2*5-4(6)3-1-8-2-7-3;2*1-2(3)4;;;;;;;/h2*4-8,15H,3H2,1-2H3,(H,21,22);4-7H,3H2,1-2H3;2*1-4H;4H,3,7H2,1-2H3;3-4H2,1-2H3;2*1-2H,(H3,5,6);2*1H3,(H,3,4);5*1H4;;/q;;;;;;;;;;;;;;;;2*+1/p-2/b;;;;;5-4-;;;;;;;;;;;;. The van der Waals surface area contributed by atoms with Gasteiger partial charge in [0.2, 0.25) is 0 Å². The van der Waals surface area contributed by atoms with Crippen LogP contribution in [0.5, 0.6) is 0 Å². The van der Waals surface area contributed by atoms with Crippen LogP contribution < -0.4 is 97.2 Å². The monoisotopic (exact) mass is 2100 g/mol. The van der Waals surface area contributed by atoms with E-state index >= 15 is 0 Å². The first-order valence-electron chi connectivity index (χ1n) is 37.2. The number of aldehydes is 2. The van der Waals surface area contributed by atoms with Crippen molar-refractivity contribution in [2.24, 2.45) is 27.2 Å². The van der Waals surface area contributed by atoms with Crippen molar-refractivity contribution in [1.29, 1.82) is 10.8 Å². The molecule has 31 nitrogen and oxygen atoms in total. The van der Waals surface area contributed by atoms with E-state index in [2.05, 4.69) is 50.0 Å². The molecule has 736 valence electrons.